The minimum Gasteiger partial charge on any atom is -0.379 e. The van der Waals surface area contributed by atoms with Crippen molar-refractivity contribution in [2.24, 2.45) is 7.05 Å². The lowest BCUT2D eigenvalue weighted by Crippen LogP contribution is -2.38. The Morgan fingerprint density at radius 3 is 2.90 bits per heavy atom. The summed E-state index contributed by atoms with van der Waals surface area (Å²) >= 11 is 0. The van der Waals surface area contributed by atoms with E-state index in [2.05, 4.69) is 15.5 Å². The molecule has 1 aliphatic rings. The molecule has 1 aromatic heterocycles. The number of rotatable bonds is 5. The first kappa shape index (κ1) is 15.5. The zero-order valence-corrected chi connectivity index (χ0v) is 12.3. The van der Waals surface area contributed by atoms with Crippen molar-refractivity contribution in [2.45, 2.75) is 6.42 Å². The zero-order chi connectivity index (χ0) is 15.1. The van der Waals surface area contributed by atoms with Gasteiger partial charge in [-0.3, -0.25) is 9.69 Å². The molecule has 2 N–H and O–H groups in total. The molecule has 1 saturated heterocycles. The van der Waals surface area contributed by atoms with Gasteiger partial charge in [0.05, 0.1) is 13.2 Å². The largest absolute Gasteiger partial charge is 0.379 e. The summed E-state index contributed by atoms with van der Waals surface area (Å²) in [5.74, 6) is 0. The van der Waals surface area contributed by atoms with Crippen LogP contribution in [0.4, 0.5) is 10.5 Å². The van der Waals surface area contributed by atoms with Crippen LogP contribution in [0.3, 0.4) is 0 Å². The van der Waals surface area contributed by atoms with Gasteiger partial charge in [-0.05, 0) is 25.1 Å². The highest BCUT2D eigenvalue weighted by molar-refractivity contribution is 5.88. The number of pyridine rings is 1. The number of hydrogen-bond acceptors (Lipinski definition) is 4. The van der Waals surface area contributed by atoms with Crippen LogP contribution in [0.5, 0.6) is 0 Å². The number of nitrogens with one attached hydrogen (secondary N) is 2. The van der Waals surface area contributed by atoms with Gasteiger partial charge in [0.2, 0.25) is 0 Å². The fourth-order valence-electron chi connectivity index (χ4n) is 2.19. The third kappa shape index (κ3) is 4.87. The highest BCUT2D eigenvalue weighted by Crippen LogP contribution is 1.98. The first-order valence-electron chi connectivity index (χ1n) is 7.17. The second-order valence-electron chi connectivity index (χ2n) is 5.03. The van der Waals surface area contributed by atoms with E-state index in [1.54, 1.807) is 25.4 Å². The van der Waals surface area contributed by atoms with Crippen LogP contribution in [0.25, 0.3) is 0 Å². The first-order valence-corrected chi connectivity index (χ1v) is 7.17. The Labute approximate surface area is 123 Å². The number of anilines is 1. The standard InChI is InChI=1S/C14H22N4O3/c1-17-6-2-4-12(13(17)19)16-14(20)15-5-3-7-18-8-10-21-11-9-18/h2,4,6H,3,5,7-11H2,1H3,(H2,15,16,20). The summed E-state index contributed by atoms with van der Waals surface area (Å²) in [7, 11) is 1.65. The minimum absolute atomic E-state index is 0.221. The van der Waals surface area contributed by atoms with Crippen molar-refractivity contribution < 1.29 is 9.53 Å². The summed E-state index contributed by atoms with van der Waals surface area (Å²) < 4.78 is 6.70. The van der Waals surface area contributed by atoms with Gasteiger partial charge in [-0.25, -0.2) is 4.79 Å². The zero-order valence-electron chi connectivity index (χ0n) is 12.3. The fourth-order valence-corrected chi connectivity index (χ4v) is 2.19. The first-order chi connectivity index (χ1) is 10.2. The molecule has 7 heteroatoms. The van der Waals surface area contributed by atoms with Crippen LogP contribution in [-0.4, -0.2) is 54.9 Å². The third-order valence-electron chi connectivity index (χ3n) is 3.41. The highest BCUT2D eigenvalue weighted by atomic mass is 16.5. The van der Waals surface area contributed by atoms with Crippen molar-refractivity contribution in [3.63, 3.8) is 0 Å². The molecule has 116 valence electrons. The number of carbonyl (C=O) groups excluding carboxylic acids is 1. The van der Waals surface area contributed by atoms with Gasteiger partial charge in [-0.2, -0.15) is 0 Å². The maximum Gasteiger partial charge on any atom is 0.319 e. The van der Waals surface area contributed by atoms with Crippen LogP contribution in [0.15, 0.2) is 23.1 Å². The lowest BCUT2D eigenvalue weighted by molar-refractivity contribution is 0.0375. The van der Waals surface area contributed by atoms with Crippen LogP contribution in [0, 0.1) is 0 Å². The van der Waals surface area contributed by atoms with E-state index in [1.807, 2.05) is 0 Å². The maximum absolute atomic E-state index is 11.7. The van der Waals surface area contributed by atoms with Crippen molar-refractivity contribution in [1.82, 2.24) is 14.8 Å². The van der Waals surface area contributed by atoms with E-state index in [4.69, 9.17) is 4.74 Å². The average molecular weight is 294 g/mol. The molecular weight excluding hydrogens is 272 g/mol. The molecule has 1 aliphatic heterocycles. The van der Waals surface area contributed by atoms with E-state index in [0.717, 1.165) is 39.3 Å². The Bertz CT molecular complexity index is 523. The molecule has 0 radical (unpaired) electrons. The Hall–Kier alpha value is -1.86. The molecule has 0 atom stereocenters. The smallest absolute Gasteiger partial charge is 0.319 e. The van der Waals surface area contributed by atoms with E-state index < -0.39 is 0 Å². The number of ether oxygens (including phenoxy) is 1. The number of morpholine rings is 1. The Morgan fingerprint density at radius 1 is 1.38 bits per heavy atom. The van der Waals surface area contributed by atoms with Crippen LogP contribution >= 0.6 is 0 Å². The van der Waals surface area contributed by atoms with Crippen molar-refractivity contribution in [3.8, 4) is 0 Å². The van der Waals surface area contributed by atoms with Crippen LogP contribution in [-0.2, 0) is 11.8 Å². The van der Waals surface area contributed by atoms with E-state index in [-0.39, 0.29) is 17.3 Å². The Kier molecular flexibility index (Phi) is 5.77. The summed E-state index contributed by atoms with van der Waals surface area (Å²) in [4.78, 5) is 25.8. The third-order valence-corrected chi connectivity index (χ3v) is 3.41. The molecule has 0 spiro atoms. The molecule has 1 aromatic rings. The molecule has 0 aliphatic carbocycles. The molecule has 1 fully saturated rings. The molecule has 2 rings (SSSR count). The predicted molar refractivity (Wildman–Crippen MR) is 80.6 cm³/mol. The highest BCUT2D eigenvalue weighted by Gasteiger charge is 2.10. The number of hydrogen-bond donors (Lipinski definition) is 2. The lowest BCUT2D eigenvalue weighted by atomic mass is 10.3. The van der Waals surface area contributed by atoms with Gasteiger partial charge in [0, 0.05) is 32.9 Å². The molecule has 0 aromatic carbocycles. The van der Waals surface area contributed by atoms with Crippen LogP contribution < -0.4 is 16.2 Å². The van der Waals surface area contributed by atoms with Gasteiger partial charge in [0.1, 0.15) is 5.69 Å². The molecule has 0 saturated carbocycles. The number of aromatic nitrogens is 1. The van der Waals surface area contributed by atoms with E-state index in [0.29, 0.717) is 6.54 Å². The molecule has 0 unspecified atom stereocenters. The number of amides is 2. The van der Waals surface area contributed by atoms with E-state index in [1.165, 1.54) is 4.57 Å². The number of urea groups is 1. The van der Waals surface area contributed by atoms with Crippen molar-refractivity contribution in [2.75, 3.05) is 44.7 Å². The molecule has 2 amide bonds. The van der Waals surface area contributed by atoms with Gasteiger partial charge in [0.15, 0.2) is 0 Å². The summed E-state index contributed by atoms with van der Waals surface area (Å²) in [5, 5.41) is 5.33. The van der Waals surface area contributed by atoms with E-state index in [9.17, 15) is 9.59 Å². The van der Waals surface area contributed by atoms with Crippen LogP contribution in [0.1, 0.15) is 6.42 Å². The molecule has 21 heavy (non-hydrogen) atoms. The van der Waals surface area contributed by atoms with Gasteiger partial charge in [0.25, 0.3) is 5.56 Å². The maximum atomic E-state index is 11.7. The Morgan fingerprint density at radius 2 is 2.14 bits per heavy atom. The Balaban J connectivity index is 1.67. The molecular formula is C14H22N4O3. The summed E-state index contributed by atoms with van der Waals surface area (Å²) in [5.41, 5.74) is 0.0617. The molecule has 7 nitrogen and oxygen atoms in total. The summed E-state index contributed by atoms with van der Waals surface area (Å²) in [6.45, 7) is 4.99. The fraction of sp³-hybridized carbons (Fsp3) is 0.571. The number of nitrogens with zero attached hydrogens (tertiary/aromatic N) is 2. The van der Waals surface area contributed by atoms with Crippen LogP contribution in [0.2, 0.25) is 0 Å². The van der Waals surface area contributed by atoms with Gasteiger partial charge >= 0.3 is 6.03 Å². The lowest BCUT2D eigenvalue weighted by Gasteiger charge is -2.26. The number of aryl methyl sites for hydroxylation is 1. The predicted octanol–water partition coefficient (Wildman–Crippen LogP) is 0.229. The van der Waals surface area contributed by atoms with Crippen molar-refractivity contribution >= 4 is 11.7 Å². The summed E-state index contributed by atoms with van der Waals surface area (Å²) in [6, 6.07) is 2.96. The summed E-state index contributed by atoms with van der Waals surface area (Å²) in [6.07, 6.45) is 2.52. The van der Waals surface area contributed by atoms with Gasteiger partial charge in [-0.15, -0.1) is 0 Å². The topological polar surface area (TPSA) is 75.6 Å². The SMILES string of the molecule is Cn1cccc(NC(=O)NCCCN2CCOCC2)c1=O. The minimum atomic E-state index is -0.347. The van der Waals surface area contributed by atoms with Crippen molar-refractivity contribution in [1.29, 1.82) is 0 Å². The van der Waals surface area contributed by atoms with E-state index >= 15 is 0 Å². The van der Waals surface area contributed by atoms with Crippen molar-refractivity contribution in [3.05, 3.63) is 28.7 Å². The monoisotopic (exact) mass is 294 g/mol. The molecule has 2 heterocycles. The normalized spacial score (nSPS) is 15.7. The average Bonchev–Trinajstić information content (AvgIpc) is 2.49. The molecule has 0 bridgehead atoms. The van der Waals surface area contributed by atoms with Gasteiger partial charge < -0.3 is 19.9 Å². The second kappa shape index (κ2) is 7.80. The second-order valence-corrected chi connectivity index (χ2v) is 5.03. The number of carbonyl (C=O) groups is 1. The quantitative estimate of drug-likeness (QED) is 0.762. The van der Waals surface area contributed by atoms with Gasteiger partial charge in [-0.1, -0.05) is 0 Å².